The minimum absolute atomic E-state index is 0.0785. The Morgan fingerprint density at radius 1 is 0.870 bits per heavy atom. The number of carbonyl (C=O) groups is 3. The summed E-state index contributed by atoms with van der Waals surface area (Å²) in [7, 11) is 0. The maximum absolute atomic E-state index is 13.5. The minimum atomic E-state index is -0.660. The molecular formula is C34H27N5O6S. The van der Waals surface area contributed by atoms with Crippen LogP contribution in [-0.2, 0) is 9.59 Å². The van der Waals surface area contributed by atoms with E-state index in [0.29, 0.717) is 33.3 Å². The molecule has 0 saturated carbocycles. The summed E-state index contributed by atoms with van der Waals surface area (Å²) in [4.78, 5) is 51.1. The third kappa shape index (κ3) is 8.33. The van der Waals surface area contributed by atoms with Crippen molar-refractivity contribution in [2.75, 3.05) is 10.6 Å². The van der Waals surface area contributed by atoms with Crippen LogP contribution >= 0.6 is 11.8 Å². The molecule has 1 aromatic heterocycles. The average Bonchev–Trinajstić information content (AvgIpc) is 3.48. The molecule has 0 aliphatic carbocycles. The molecule has 0 fully saturated rings. The van der Waals surface area contributed by atoms with Crippen LogP contribution < -0.4 is 16.0 Å². The molecule has 230 valence electrons. The van der Waals surface area contributed by atoms with Crippen LogP contribution in [0.2, 0.25) is 0 Å². The van der Waals surface area contributed by atoms with Crippen molar-refractivity contribution in [2.24, 2.45) is 0 Å². The van der Waals surface area contributed by atoms with Crippen molar-refractivity contribution in [3.8, 4) is 0 Å². The van der Waals surface area contributed by atoms with Gasteiger partial charge in [-0.1, -0.05) is 59.8 Å². The second-order valence-electron chi connectivity index (χ2n) is 9.93. The lowest BCUT2D eigenvalue weighted by Crippen LogP contribution is -2.30. The predicted octanol–water partition coefficient (Wildman–Crippen LogP) is 6.77. The summed E-state index contributed by atoms with van der Waals surface area (Å²) in [5, 5.41) is 22.5. The number of nitro groups is 1. The lowest BCUT2D eigenvalue weighted by molar-refractivity contribution is -0.384. The zero-order valence-electron chi connectivity index (χ0n) is 24.4. The molecule has 0 aliphatic rings. The summed E-state index contributed by atoms with van der Waals surface area (Å²) >= 11 is 1.28. The van der Waals surface area contributed by atoms with Gasteiger partial charge in [-0.05, 0) is 66.6 Å². The Morgan fingerprint density at radius 2 is 1.57 bits per heavy atom. The van der Waals surface area contributed by atoms with Gasteiger partial charge in [0.05, 0.1) is 4.92 Å². The number of rotatable bonds is 11. The summed E-state index contributed by atoms with van der Waals surface area (Å²) in [6.07, 6.45) is 1.43. The van der Waals surface area contributed by atoms with E-state index < -0.39 is 22.0 Å². The van der Waals surface area contributed by atoms with Gasteiger partial charge in [-0.3, -0.25) is 24.5 Å². The number of non-ortho nitro benzene ring substituents is 1. The molecule has 46 heavy (non-hydrogen) atoms. The van der Waals surface area contributed by atoms with Crippen LogP contribution in [0.25, 0.3) is 6.08 Å². The van der Waals surface area contributed by atoms with Crippen molar-refractivity contribution < 1.29 is 23.8 Å². The summed E-state index contributed by atoms with van der Waals surface area (Å²) < 4.78 is 5.07. The molecule has 3 amide bonds. The number of benzene rings is 4. The predicted molar refractivity (Wildman–Crippen MR) is 175 cm³/mol. The highest BCUT2D eigenvalue weighted by Crippen LogP contribution is 2.37. The van der Waals surface area contributed by atoms with Crippen molar-refractivity contribution in [1.29, 1.82) is 0 Å². The van der Waals surface area contributed by atoms with Gasteiger partial charge in [0.25, 0.3) is 17.5 Å². The molecule has 12 heteroatoms. The molecule has 1 unspecified atom stereocenters. The smallest absolute Gasteiger partial charge is 0.272 e. The van der Waals surface area contributed by atoms with Crippen molar-refractivity contribution in [3.63, 3.8) is 0 Å². The van der Waals surface area contributed by atoms with E-state index in [1.54, 1.807) is 61.5 Å². The van der Waals surface area contributed by atoms with Crippen molar-refractivity contribution in [2.45, 2.75) is 17.1 Å². The minimum Gasteiger partial charge on any atom is -0.360 e. The van der Waals surface area contributed by atoms with Crippen molar-refractivity contribution in [1.82, 2.24) is 10.5 Å². The topological polar surface area (TPSA) is 156 Å². The summed E-state index contributed by atoms with van der Waals surface area (Å²) in [6, 6.07) is 31.8. The molecule has 5 aromatic rings. The number of aromatic nitrogens is 1. The van der Waals surface area contributed by atoms with Crippen LogP contribution in [0.1, 0.15) is 32.5 Å². The molecule has 0 saturated heterocycles. The van der Waals surface area contributed by atoms with Gasteiger partial charge in [0.1, 0.15) is 16.7 Å². The Kier molecular flexibility index (Phi) is 10.0. The van der Waals surface area contributed by atoms with Crippen molar-refractivity contribution in [3.05, 3.63) is 154 Å². The Hall–Kier alpha value is -6.01. The van der Waals surface area contributed by atoms with E-state index in [2.05, 4.69) is 21.1 Å². The van der Waals surface area contributed by atoms with E-state index in [0.717, 1.165) is 5.56 Å². The fourth-order valence-electron chi connectivity index (χ4n) is 4.30. The molecule has 1 atom stereocenters. The first-order valence-corrected chi connectivity index (χ1v) is 14.8. The second-order valence-corrected chi connectivity index (χ2v) is 11.1. The number of anilines is 2. The largest absolute Gasteiger partial charge is 0.360 e. The number of hydrogen-bond donors (Lipinski definition) is 3. The molecule has 0 radical (unpaired) electrons. The van der Waals surface area contributed by atoms with Crippen molar-refractivity contribution >= 4 is 52.8 Å². The molecule has 0 bridgehead atoms. The maximum Gasteiger partial charge on any atom is 0.272 e. The van der Waals surface area contributed by atoms with Gasteiger partial charge in [0.15, 0.2) is 5.82 Å². The van der Waals surface area contributed by atoms with E-state index >= 15 is 0 Å². The number of amides is 3. The molecule has 0 spiro atoms. The van der Waals surface area contributed by atoms with E-state index in [4.69, 9.17) is 4.52 Å². The summed E-state index contributed by atoms with van der Waals surface area (Å²) in [6.45, 7) is 1.73. The highest BCUT2D eigenvalue weighted by atomic mass is 32.2. The van der Waals surface area contributed by atoms with E-state index in [9.17, 15) is 24.5 Å². The Bertz CT molecular complexity index is 1890. The van der Waals surface area contributed by atoms with E-state index in [1.165, 1.54) is 42.1 Å². The number of nitro benzene ring substituents is 1. The summed E-state index contributed by atoms with van der Waals surface area (Å²) in [5.74, 6) is -0.578. The number of thioether (sulfide) groups is 1. The highest BCUT2D eigenvalue weighted by molar-refractivity contribution is 8.00. The van der Waals surface area contributed by atoms with Gasteiger partial charge in [0.2, 0.25) is 5.91 Å². The SMILES string of the molecule is Cc1cc(NC(=O)C(Sc2cccc(NC(=O)/C(=C\c3ccc([N+](=O)[O-])cc3)NC(=O)c3ccccc3)c2)c2ccccc2)no1. The molecule has 4 aromatic carbocycles. The zero-order chi connectivity index (χ0) is 32.5. The molecule has 3 N–H and O–H groups in total. The number of hydrogen-bond acceptors (Lipinski definition) is 8. The third-order valence-corrected chi connectivity index (χ3v) is 7.76. The molecular weight excluding hydrogens is 606 g/mol. The normalized spacial score (nSPS) is 11.7. The fraction of sp³-hybridized carbons (Fsp3) is 0.0588. The second kappa shape index (κ2) is 14.6. The van der Waals surface area contributed by atoms with Crippen LogP contribution in [0.5, 0.6) is 0 Å². The third-order valence-electron chi connectivity index (χ3n) is 6.51. The highest BCUT2D eigenvalue weighted by Gasteiger charge is 2.24. The van der Waals surface area contributed by atoms with Crippen LogP contribution in [0.15, 0.2) is 130 Å². The number of nitrogens with zero attached hydrogens (tertiary/aromatic N) is 2. The van der Waals surface area contributed by atoms with E-state index in [1.807, 2.05) is 36.4 Å². The van der Waals surface area contributed by atoms with Gasteiger partial charge < -0.3 is 20.5 Å². The fourth-order valence-corrected chi connectivity index (χ4v) is 5.38. The van der Waals surface area contributed by atoms with Gasteiger partial charge >= 0.3 is 0 Å². The first-order chi connectivity index (χ1) is 22.2. The first-order valence-electron chi connectivity index (χ1n) is 13.9. The quantitative estimate of drug-likeness (QED) is 0.0622. The average molecular weight is 634 g/mol. The van der Waals surface area contributed by atoms with Crippen LogP contribution in [0.4, 0.5) is 17.2 Å². The maximum atomic E-state index is 13.5. The number of aryl methyl sites for hydroxylation is 1. The summed E-state index contributed by atoms with van der Waals surface area (Å²) in [5.41, 5.74) is 1.80. The molecule has 1 heterocycles. The Balaban J connectivity index is 1.38. The van der Waals surface area contributed by atoms with Crippen LogP contribution in [0.3, 0.4) is 0 Å². The number of nitrogens with one attached hydrogen (secondary N) is 3. The Morgan fingerprint density at radius 3 is 2.22 bits per heavy atom. The van der Waals surface area contributed by atoms with Gasteiger partial charge in [0, 0.05) is 34.3 Å². The Labute approximate surface area is 267 Å². The van der Waals surface area contributed by atoms with Gasteiger partial charge in [-0.2, -0.15) is 0 Å². The lowest BCUT2D eigenvalue weighted by Gasteiger charge is -2.17. The van der Waals surface area contributed by atoms with Crippen LogP contribution in [0, 0.1) is 17.0 Å². The van der Waals surface area contributed by atoms with E-state index in [-0.39, 0.29) is 17.3 Å². The van der Waals surface area contributed by atoms with Gasteiger partial charge in [-0.25, -0.2) is 0 Å². The zero-order valence-corrected chi connectivity index (χ0v) is 25.2. The van der Waals surface area contributed by atoms with Gasteiger partial charge in [-0.15, -0.1) is 11.8 Å². The number of carbonyl (C=O) groups excluding carboxylic acids is 3. The molecule has 0 aliphatic heterocycles. The first kappa shape index (κ1) is 31.4. The monoisotopic (exact) mass is 633 g/mol. The standard InChI is InChI=1S/C34H27N5O6S/c1-22-19-30(38-45-22)37-34(42)31(24-9-4-2-5-10-24)46-28-14-8-13-26(21-28)35-33(41)29(36-32(40)25-11-6-3-7-12-25)20-23-15-17-27(18-16-23)39(43)44/h2-21,31H,1H3,(H,35,41)(H,36,40)(H,37,38,42)/b29-20+. The van der Waals surface area contributed by atoms with Crippen LogP contribution in [-0.4, -0.2) is 27.8 Å². The molecule has 5 rings (SSSR count). The lowest BCUT2D eigenvalue weighted by atomic mass is 10.1. The molecule has 11 nitrogen and oxygen atoms in total.